The Balaban J connectivity index is 3.17. The maximum Gasteiger partial charge on any atom is 0.261 e. The summed E-state index contributed by atoms with van der Waals surface area (Å²) in [6.45, 7) is 3.73. The van der Waals surface area contributed by atoms with Crippen LogP contribution in [0.2, 0.25) is 0 Å². The van der Waals surface area contributed by atoms with Gasteiger partial charge in [0.05, 0.1) is 18.1 Å². The highest BCUT2D eigenvalue weighted by Gasteiger charge is 2.14. The van der Waals surface area contributed by atoms with E-state index >= 15 is 0 Å². The summed E-state index contributed by atoms with van der Waals surface area (Å²) in [6, 6.07) is 4.23. The Labute approximate surface area is 99.6 Å². The van der Waals surface area contributed by atoms with E-state index in [0.717, 1.165) is 0 Å². The minimum atomic E-state index is -3.74. The molecule has 6 heteroatoms. The van der Waals surface area contributed by atoms with Crippen LogP contribution in [0.1, 0.15) is 13.8 Å². The van der Waals surface area contributed by atoms with Crippen LogP contribution in [-0.4, -0.2) is 21.6 Å². The maximum absolute atomic E-state index is 11.1. The second kappa shape index (κ2) is 4.93. The van der Waals surface area contributed by atoms with Crippen molar-refractivity contribution in [1.82, 2.24) is 0 Å². The SMILES string of the molecule is COc1cc(S(=O)(=O)Cl)ccc1OC(C)C. The molecule has 4 nitrogen and oxygen atoms in total. The molecule has 0 bridgehead atoms. The molecule has 16 heavy (non-hydrogen) atoms. The average molecular weight is 265 g/mol. The van der Waals surface area contributed by atoms with Gasteiger partial charge in [-0.2, -0.15) is 0 Å². The molecule has 0 heterocycles. The summed E-state index contributed by atoms with van der Waals surface area (Å²) < 4.78 is 32.7. The van der Waals surface area contributed by atoms with Crippen molar-refractivity contribution in [2.24, 2.45) is 0 Å². The van der Waals surface area contributed by atoms with Gasteiger partial charge in [-0.25, -0.2) is 8.42 Å². The van der Waals surface area contributed by atoms with E-state index in [-0.39, 0.29) is 11.0 Å². The lowest BCUT2D eigenvalue weighted by Gasteiger charge is -2.13. The molecular weight excluding hydrogens is 252 g/mol. The van der Waals surface area contributed by atoms with Gasteiger partial charge in [-0.3, -0.25) is 0 Å². The van der Waals surface area contributed by atoms with E-state index in [0.29, 0.717) is 11.5 Å². The van der Waals surface area contributed by atoms with Crippen LogP contribution in [0.5, 0.6) is 11.5 Å². The van der Waals surface area contributed by atoms with Crippen molar-refractivity contribution in [3.63, 3.8) is 0 Å². The van der Waals surface area contributed by atoms with Gasteiger partial charge >= 0.3 is 0 Å². The van der Waals surface area contributed by atoms with Gasteiger partial charge in [0, 0.05) is 16.7 Å². The topological polar surface area (TPSA) is 52.6 Å². The molecule has 0 unspecified atom stereocenters. The highest BCUT2D eigenvalue weighted by molar-refractivity contribution is 8.13. The number of hydrogen-bond donors (Lipinski definition) is 0. The Hall–Kier alpha value is -0.940. The molecule has 0 spiro atoms. The van der Waals surface area contributed by atoms with Crippen LogP contribution in [0.15, 0.2) is 23.1 Å². The summed E-state index contributed by atoms with van der Waals surface area (Å²) in [5.41, 5.74) is 0. The van der Waals surface area contributed by atoms with E-state index in [1.54, 1.807) is 0 Å². The number of methoxy groups -OCH3 is 1. The normalized spacial score (nSPS) is 11.6. The monoisotopic (exact) mass is 264 g/mol. The first-order valence-electron chi connectivity index (χ1n) is 4.64. The summed E-state index contributed by atoms with van der Waals surface area (Å²) in [6.07, 6.45) is -0.0210. The predicted octanol–water partition coefficient (Wildman–Crippen LogP) is 2.41. The van der Waals surface area contributed by atoms with Crippen molar-refractivity contribution in [3.8, 4) is 11.5 Å². The largest absolute Gasteiger partial charge is 0.493 e. The zero-order chi connectivity index (χ0) is 12.3. The minimum Gasteiger partial charge on any atom is -0.493 e. The summed E-state index contributed by atoms with van der Waals surface area (Å²) >= 11 is 0. The van der Waals surface area contributed by atoms with Gasteiger partial charge < -0.3 is 9.47 Å². The van der Waals surface area contributed by atoms with Gasteiger partial charge in [-0.1, -0.05) is 0 Å². The Kier molecular flexibility index (Phi) is 4.04. The lowest BCUT2D eigenvalue weighted by Crippen LogP contribution is -2.07. The average Bonchev–Trinajstić information content (AvgIpc) is 2.15. The molecule has 0 atom stereocenters. The first-order chi connectivity index (χ1) is 7.34. The first-order valence-corrected chi connectivity index (χ1v) is 6.95. The van der Waals surface area contributed by atoms with E-state index in [1.807, 2.05) is 13.8 Å². The fourth-order valence-electron chi connectivity index (χ4n) is 1.15. The van der Waals surface area contributed by atoms with Crippen LogP contribution in [0.25, 0.3) is 0 Å². The Morgan fingerprint density at radius 1 is 1.25 bits per heavy atom. The maximum atomic E-state index is 11.1. The second-order valence-electron chi connectivity index (χ2n) is 3.42. The minimum absolute atomic E-state index is 0.0119. The van der Waals surface area contributed by atoms with Crippen LogP contribution >= 0.6 is 10.7 Å². The highest BCUT2D eigenvalue weighted by atomic mass is 35.7. The van der Waals surface area contributed by atoms with Crippen LogP contribution in [0.3, 0.4) is 0 Å². The molecule has 1 aromatic carbocycles. The molecule has 90 valence electrons. The second-order valence-corrected chi connectivity index (χ2v) is 5.98. The van der Waals surface area contributed by atoms with E-state index in [2.05, 4.69) is 0 Å². The van der Waals surface area contributed by atoms with Crippen molar-refractivity contribution in [2.45, 2.75) is 24.8 Å². The molecule has 0 aromatic heterocycles. The van der Waals surface area contributed by atoms with Crippen molar-refractivity contribution in [1.29, 1.82) is 0 Å². The molecule has 0 N–H and O–H groups in total. The van der Waals surface area contributed by atoms with E-state index in [9.17, 15) is 8.42 Å². The molecule has 0 amide bonds. The molecule has 0 aliphatic carbocycles. The lowest BCUT2D eigenvalue weighted by atomic mass is 10.3. The van der Waals surface area contributed by atoms with E-state index in [4.69, 9.17) is 20.2 Å². The van der Waals surface area contributed by atoms with Crippen molar-refractivity contribution >= 4 is 19.7 Å². The first kappa shape index (κ1) is 13.1. The zero-order valence-electron chi connectivity index (χ0n) is 9.23. The van der Waals surface area contributed by atoms with Gasteiger partial charge in [0.2, 0.25) is 0 Å². The molecule has 0 radical (unpaired) electrons. The third-order valence-corrected chi connectivity index (χ3v) is 3.13. The number of halogens is 1. The Bertz CT molecular complexity index is 468. The summed E-state index contributed by atoms with van der Waals surface area (Å²) in [5.74, 6) is 0.831. The number of ether oxygens (including phenoxy) is 2. The smallest absolute Gasteiger partial charge is 0.261 e. The Morgan fingerprint density at radius 3 is 2.31 bits per heavy atom. The summed E-state index contributed by atoms with van der Waals surface area (Å²) in [4.78, 5) is -0.0119. The van der Waals surface area contributed by atoms with Crippen LogP contribution in [0.4, 0.5) is 0 Å². The van der Waals surface area contributed by atoms with Gasteiger partial charge in [0.15, 0.2) is 11.5 Å². The molecule has 0 aliphatic heterocycles. The third kappa shape index (κ3) is 3.28. The fraction of sp³-hybridized carbons (Fsp3) is 0.400. The number of benzene rings is 1. The van der Waals surface area contributed by atoms with Crippen molar-refractivity contribution in [3.05, 3.63) is 18.2 Å². The molecular formula is C10H13ClO4S. The van der Waals surface area contributed by atoms with E-state index < -0.39 is 9.05 Å². The van der Waals surface area contributed by atoms with E-state index in [1.165, 1.54) is 25.3 Å². The molecule has 0 saturated heterocycles. The van der Waals surface area contributed by atoms with Gasteiger partial charge in [-0.15, -0.1) is 0 Å². The molecule has 0 fully saturated rings. The number of hydrogen-bond acceptors (Lipinski definition) is 4. The zero-order valence-corrected chi connectivity index (χ0v) is 10.8. The fourth-order valence-corrected chi connectivity index (χ4v) is 1.92. The summed E-state index contributed by atoms with van der Waals surface area (Å²) in [7, 11) is 2.92. The quantitative estimate of drug-likeness (QED) is 0.784. The molecule has 1 rings (SSSR count). The van der Waals surface area contributed by atoms with Crippen LogP contribution in [0, 0.1) is 0 Å². The van der Waals surface area contributed by atoms with Gasteiger partial charge in [0.1, 0.15) is 0 Å². The van der Waals surface area contributed by atoms with Gasteiger partial charge in [-0.05, 0) is 26.0 Å². The van der Waals surface area contributed by atoms with Crippen LogP contribution in [-0.2, 0) is 9.05 Å². The van der Waals surface area contributed by atoms with Crippen molar-refractivity contribution in [2.75, 3.05) is 7.11 Å². The Morgan fingerprint density at radius 2 is 1.88 bits per heavy atom. The summed E-state index contributed by atoms with van der Waals surface area (Å²) in [5, 5.41) is 0. The molecule has 1 aromatic rings. The third-order valence-electron chi connectivity index (χ3n) is 1.78. The molecule has 0 aliphatic rings. The van der Waals surface area contributed by atoms with Crippen molar-refractivity contribution < 1.29 is 17.9 Å². The number of rotatable bonds is 4. The van der Waals surface area contributed by atoms with Crippen LogP contribution < -0.4 is 9.47 Å². The molecule has 0 saturated carbocycles. The predicted molar refractivity (Wildman–Crippen MR) is 61.8 cm³/mol. The highest BCUT2D eigenvalue weighted by Crippen LogP contribution is 2.31. The van der Waals surface area contributed by atoms with Gasteiger partial charge in [0.25, 0.3) is 9.05 Å². The standard InChI is InChI=1S/C10H13ClO4S/c1-7(2)15-9-5-4-8(16(11,12)13)6-10(9)14-3/h4-7H,1-3H3. The lowest BCUT2D eigenvalue weighted by molar-refractivity contribution is 0.230.